The highest BCUT2D eigenvalue weighted by atomic mass is 16.5. The second-order valence-electron chi connectivity index (χ2n) is 6.13. The molecule has 1 N–H and O–H groups in total. The molecule has 0 aliphatic heterocycles. The lowest BCUT2D eigenvalue weighted by Crippen LogP contribution is -2.46. The van der Waals surface area contributed by atoms with Crippen molar-refractivity contribution in [3.8, 4) is 0 Å². The van der Waals surface area contributed by atoms with Crippen molar-refractivity contribution in [3.05, 3.63) is 23.2 Å². The van der Waals surface area contributed by atoms with E-state index < -0.39 is 5.97 Å². The van der Waals surface area contributed by atoms with Crippen molar-refractivity contribution in [3.63, 3.8) is 0 Å². The number of nitrogens with zero attached hydrogens (tertiary/aromatic N) is 1. The van der Waals surface area contributed by atoms with Gasteiger partial charge in [0.1, 0.15) is 17.1 Å². The SMILES string of the molecule is CCC(C)(C)NC(=O)CN(C)Cc1cc(C(=O)OC)c(C)o1. The van der Waals surface area contributed by atoms with Crippen molar-refractivity contribution in [2.75, 3.05) is 20.7 Å². The Kier molecular flexibility index (Phi) is 6.17. The van der Waals surface area contributed by atoms with E-state index in [0.29, 0.717) is 23.6 Å². The number of methoxy groups -OCH3 is 1. The van der Waals surface area contributed by atoms with Crippen molar-refractivity contribution in [2.24, 2.45) is 0 Å². The molecule has 0 aliphatic carbocycles. The summed E-state index contributed by atoms with van der Waals surface area (Å²) in [7, 11) is 3.16. The van der Waals surface area contributed by atoms with Crippen LogP contribution < -0.4 is 5.32 Å². The number of carbonyl (C=O) groups is 2. The van der Waals surface area contributed by atoms with E-state index in [1.54, 1.807) is 13.0 Å². The van der Waals surface area contributed by atoms with Crippen LogP contribution in [0.25, 0.3) is 0 Å². The van der Waals surface area contributed by atoms with Crippen molar-refractivity contribution in [2.45, 2.75) is 46.2 Å². The van der Waals surface area contributed by atoms with Gasteiger partial charge in [-0.05, 0) is 40.3 Å². The predicted molar refractivity (Wildman–Crippen MR) is 83.6 cm³/mol. The average molecular weight is 310 g/mol. The summed E-state index contributed by atoms with van der Waals surface area (Å²) < 4.78 is 10.2. The fraction of sp³-hybridized carbons (Fsp3) is 0.625. The third kappa shape index (κ3) is 5.18. The number of nitrogens with one attached hydrogen (secondary N) is 1. The first-order valence-electron chi connectivity index (χ1n) is 7.35. The number of likely N-dealkylation sites (N-methyl/N-ethyl adjacent to an activating group) is 1. The fourth-order valence-corrected chi connectivity index (χ4v) is 2.01. The summed E-state index contributed by atoms with van der Waals surface area (Å²) in [5.41, 5.74) is 0.208. The van der Waals surface area contributed by atoms with Gasteiger partial charge in [-0.3, -0.25) is 9.69 Å². The standard InChI is InChI=1S/C16H26N2O4/c1-7-16(3,4)17-14(19)10-18(5)9-12-8-13(11(2)22-12)15(20)21-6/h8H,7,9-10H2,1-6H3,(H,17,19). The zero-order valence-corrected chi connectivity index (χ0v) is 14.3. The molecule has 0 bridgehead atoms. The molecule has 1 rings (SSSR count). The van der Waals surface area contributed by atoms with E-state index in [4.69, 9.17) is 9.15 Å². The van der Waals surface area contributed by atoms with E-state index in [1.807, 2.05) is 32.7 Å². The molecule has 124 valence electrons. The van der Waals surface area contributed by atoms with Gasteiger partial charge in [0.2, 0.25) is 5.91 Å². The molecule has 1 aromatic heterocycles. The smallest absolute Gasteiger partial charge is 0.341 e. The molecule has 0 saturated heterocycles. The molecule has 1 heterocycles. The van der Waals surface area contributed by atoms with Crippen LogP contribution in [0.4, 0.5) is 0 Å². The van der Waals surface area contributed by atoms with E-state index in [1.165, 1.54) is 7.11 Å². The third-order valence-electron chi connectivity index (χ3n) is 3.58. The molecule has 1 aromatic rings. The van der Waals surface area contributed by atoms with Gasteiger partial charge in [-0.2, -0.15) is 0 Å². The summed E-state index contributed by atoms with van der Waals surface area (Å²) in [5.74, 6) is 0.693. The summed E-state index contributed by atoms with van der Waals surface area (Å²) in [5, 5.41) is 2.98. The van der Waals surface area contributed by atoms with E-state index in [0.717, 1.165) is 6.42 Å². The molecule has 6 heteroatoms. The maximum absolute atomic E-state index is 12.0. The Morgan fingerprint density at radius 2 is 2.05 bits per heavy atom. The molecule has 0 aliphatic rings. The van der Waals surface area contributed by atoms with Crippen LogP contribution in [-0.4, -0.2) is 43.0 Å². The minimum absolute atomic E-state index is 0.0363. The van der Waals surface area contributed by atoms with Crippen molar-refractivity contribution in [1.82, 2.24) is 10.2 Å². The molecule has 0 unspecified atom stereocenters. The topological polar surface area (TPSA) is 71.8 Å². The lowest BCUT2D eigenvalue weighted by molar-refractivity contribution is -0.123. The number of furan rings is 1. The van der Waals surface area contributed by atoms with Crippen LogP contribution in [0.3, 0.4) is 0 Å². The van der Waals surface area contributed by atoms with E-state index in [2.05, 4.69) is 5.32 Å². The molecule has 6 nitrogen and oxygen atoms in total. The number of aryl methyl sites for hydroxylation is 1. The van der Waals surface area contributed by atoms with Gasteiger partial charge in [-0.1, -0.05) is 6.92 Å². The summed E-state index contributed by atoms with van der Waals surface area (Å²) in [4.78, 5) is 25.4. The molecule has 22 heavy (non-hydrogen) atoms. The van der Waals surface area contributed by atoms with Crippen molar-refractivity contribution in [1.29, 1.82) is 0 Å². The van der Waals surface area contributed by atoms with Gasteiger partial charge in [0.25, 0.3) is 0 Å². The first-order chi connectivity index (χ1) is 10.2. The molecule has 0 saturated carbocycles. The Morgan fingerprint density at radius 1 is 1.41 bits per heavy atom. The predicted octanol–water partition coefficient (Wildman–Crippen LogP) is 2.11. The molecule has 0 aromatic carbocycles. The lowest BCUT2D eigenvalue weighted by atomic mass is 10.0. The Hall–Kier alpha value is -1.82. The van der Waals surface area contributed by atoms with Gasteiger partial charge in [-0.25, -0.2) is 4.79 Å². The van der Waals surface area contributed by atoms with E-state index >= 15 is 0 Å². The van der Waals surface area contributed by atoms with Gasteiger partial charge in [-0.15, -0.1) is 0 Å². The summed E-state index contributed by atoms with van der Waals surface area (Å²) in [6, 6.07) is 1.66. The van der Waals surface area contributed by atoms with Crippen LogP contribution in [0.1, 0.15) is 49.1 Å². The van der Waals surface area contributed by atoms with Gasteiger partial charge in [0, 0.05) is 5.54 Å². The molecule has 0 atom stereocenters. The second kappa shape index (κ2) is 7.45. The van der Waals surface area contributed by atoms with E-state index in [9.17, 15) is 9.59 Å². The molecule has 1 amide bonds. The molecule has 0 spiro atoms. The number of rotatable bonds is 7. The van der Waals surface area contributed by atoms with Crippen molar-refractivity contribution >= 4 is 11.9 Å². The fourth-order valence-electron chi connectivity index (χ4n) is 2.01. The van der Waals surface area contributed by atoms with Gasteiger partial charge >= 0.3 is 5.97 Å². The molecule has 0 fully saturated rings. The quantitative estimate of drug-likeness (QED) is 0.781. The third-order valence-corrected chi connectivity index (χ3v) is 3.58. The number of carbonyl (C=O) groups excluding carboxylic acids is 2. The van der Waals surface area contributed by atoms with E-state index in [-0.39, 0.29) is 18.0 Å². The molecular weight excluding hydrogens is 284 g/mol. The van der Waals surface area contributed by atoms with Gasteiger partial charge in [0.05, 0.1) is 20.2 Å². The Balaban J connectivity index is 2.60. The number of esters is 1. The second-order valence-corrected chi connectivity index (χ2v) is 6.13. The van der Waals surface area contributed by atoms with Crippen LogP contribution in [0.5, 0.6) is 0 Å². The highest BCUT2D eigenvalue weighted by Gasteiger charge is 2.20. The monoisotopic (exact) mass is 310 g/mol. The maximum atomic E-state index is 12.0. The van der Waals surface area contributed by atoms with Crippen molar-refractivity contribution < 1.29 is 18.7 Å². The summed E-state index contributed by atoms with van der Waals surface area (Å²) in [6.45, 7) is 8.43. The van der Waals surface area contributed by atoms with Crippen LogP contribution >= 0.6 is 0 Å². The Bertz CT molecular complexity index is 534. The zero-order valence-electron chi connectivity index (χ0n) is 14.3. The molecular formula is C16H26N2O4. The van der Waals surface area contributed by atoms with Gasteiger partial charge in [0.15, 0.2) is 0 Å². The normalized spacial score (nSPS) is 11.6. The number of hydrogen-bond acceptors (Lipinski definition) is 5. The van der Waals surface area contributed by atoms with Gasteiger partial charge < -0.3 is 14.5 Å². The van der Waals surface area contributed by atoms with Crippen LogP contribution in [0.15, 0.2) is 10.5 Å². The lowest BCUT2D eigenvalue weighted by Gasteiger charge is -2.26. The first-order valence-corrected chi connectivity index (χ1v) is 7.35. The maximum Gasteiger partial charge on any atom is 0.341 e. The number of hydrogen-bond donors (Lipinski definition) is 1. The minimum atomic E-state index is -0.419. The summed E-state index contributed by atoms with van der Waals surface area (Å²) >= 11 is 0. The first kappa shape index (κ1) is 18.2. The zero-order chi connectivity index (χ0) is 16.9. The Labute approximate surface area is 131 Å². The molecule has 0 radical (unpaired) electrons. The average Bonchev–Trinajstić information content (AvgIpc) is 2.77. The highest BCUT2D eigenvalue weighted by molar-refractivity contribution is 5.90. The van der Waals surface area contributed by atoms with Crippen LogP contribution in [-0.2, 0) is 16.1 Å². The summed E-state index contributed by atoms with van der Waals surface area (Å²) in [6.07, 6.45) is 0.863. The number of ether oxygens (including phenoxy) is 1. The number of amides is 1. The van der Waals surface area contributed by atoms with Crippen LogP contribution in [0, 0.1) is 6.92 Å². The Morgan fingerprint density at radius 3 is 2.59 bits per heavy atom. The largest absolute Gasteiger partial charge is 0.465 e. The minimum Gasteiger partial charge on any atom is -0.465 e. The van der Waals surface area contributed by atoms with Crippen LogP contribution in [0.2, 0.25) is 0 Å². The highest BCUT2D eigenvalue weighted by Crippen LogP contribution is 2.17.